The maximum absolute atomic E-state index is 5.89. The van der Waals surface area contributed by atoms with Crippen molar-refractivity contribution in [2.75, 3.05) is 36.6 Å². The molecule has 4 N–H and O–H groups in total. The van der Waals surface area contributed by atoms with Crippen LogP contribution in [0.3, 0.4) is 0 Å². The predicted octanol–water partition coefficient (Wildman–Crippen LogP) is 0.691. The van der Waals surface area contributed by atoms with Crippen molar-refractivity contribution in [3.8, 4) is 0 Å². The average Bonchev–Trinajstić information content (AvgIpc) is 2.81. The van der Waals surface area contributed by atoms with Gasteiger partial charge >= 0.3 is 0 Å². The van der Waals surface area contributed by atoms with E-state index in [1.165, 1.54) is 6.33 Å². The van der Waals surface area contributed by atoms with Crippen molar-refractivity contribution in [1.29, 1.82) is 0 Å². The summed E-state index contributed by atoms with van der Waals surface area (Å²) in [5.41, 5.74) is 6.43. The summed E-state index contributed by atoms with van der Waals surface area (Å²) in [6.07, 6.45) is 3.98. The fourth-order valence-electron chi connectivity index (χ4n) is 1.75. The van der Waals surface area contributed by atoms with Gasteiger partial charge in [-0.05, 0) is 12.8 Å². The van der Waals surface area contributed by atoms with Gasteiger partial charge in [0.15, 0.2) is 11.6 Å². The third-order valence-corrected chi connectivity index (χ3v) is 2.64. The largest absolute Gasteiger partial charge is 0.393 e. The summed E-state index contributed by atoms with van der Waals surface area (Å²) in [7, 11) is 1.78. The van der Waals surface area contributed by atoms with Crippen molar-refractivity contribution >= 4 is 17.3 Å². The van der Waals surface area contributed by atoms with Crippen LogP contribution in [0.5, 0.6) is 0 Å². The topological polar surface area (TPSA) is 85.1 Å². The number of anilines is 3. The second-order valence-corrected chi connectivity index (χ2v) is 3.75. The Morgan fingerprint density at radius 3 is 3.00 bits per heavy atom. The SMILES string of the molecule is CNc1ncnc(NCC2CCCO2)c1N. The molecular formula is C10H17N5O. The van der Waals surface area contributed by atoms with Gasteiger partial charge in [0.05, 0.1) is 6.10 Å². The minimum Gasteiger partial charge on any atom is -0.393 e. The van der Waals surface area contributed by atoms with E-state index in [9.17, 15) is 0 Å². The van der Waals surface area contributed by atoms with Crippen LogP contribution in [0.25, 0.3) is 0 Å². The van der Waals surface area contributed by atoms with Crippen LogP contribution >= 0.6 is 0 Å². The third kappa shape index (κ3) is 2.33. The van der Waals surface area contributed by atoms with Gasteiger partial charge in [-0.15, -0.1) is 0 Å². The Labute approximate surface area is 94.6 Å². The van der Waals surface area contributed by atoms with Crippen LogP contribution in [-0.2, 0) is 4.74 Å². The first-order chi connectivity index (χ1) is 7.81. The Kier molecular flexibility index (Phi) is 3.40. The Morgan fingerprint density at radius 2 is 2.31 bits per heavy atom. The van der Waals surface area contributed by atoms with E-state index in [1.807, 2.05) is 0 Å². The minimum atomic E-state index is 0.271. The minimum absolute atomic E-state index is 0.271. The van der Waals surface area contributed by atoms with E-state index >= 15 is 0 Å². The van der Waals surface area contributed by atoms with Crippen LogP contribution in [-0.4, -0.2) is 36.3 Å². The molecule has 0 amide bonds. The molecule has 88 valence electrons. The molecule has 0 aliphatic carbocycles. The lowest BCUT2D eigenvalue weighted by atomic mass is 10.2. The van der Waals surface area contributed by atoms with E-state index in [4.69, 9.17) is 10.5 Å². The summed E-state index contributed by atoms with van der Waals surface area (Å²) >= 11 is 0. The fraction of sp³-hybridized carbons (Fsp3) is 0.600. The van der Waals surface area contributed by atoms with Crippen molar-refractivity contribution in [2.45, 2.75) is 18.9 Å². The van der Waals surface area contributed by atoms with Gasteiger partial charge in [0.2, 0.25) is 0 Å². The van der Waals surface area contributed by atoms with Crippen molar-refractivity contribution in [1.82, 2.24) is 9.97 Å². The van der Waals surface area contributed by atoms with Crippen molar-refractivity contribution < 1.29 is 4.74 Å². The van der Waals surface area contributed by atoms with Gasteiger partial charge in [0, 0.05) is 20.2 Å². The molecule has 1 aromatic rings. The summed E-state index contributed by atoms with van der Waals surface area (Å²) < 4.78 is 5.51. The van der Waals surface area contributed by atoms with Crippen molar-refractivity contribution in [2.24, 2.45) is 0 Å². The first-order valence-electron chi connectivity index (χ1n) is 5.45. The normalized spacial score (nSPS) is 19.7. The van der Waals surface area contributed by atoms with Crippen LogP contribution in [0.1, 0.15) is 12.8 Å². The molecular weight excluding hydrogens is 206 g/mol. The van der Waals surface area contributed by atoms with E-state index in [0.717, 1.165) is 26.0 Å². The highest BCUT2D eigenvalue weighted by atomic mass is 16.5. The van der Waals surface area contributed by atoms with Crippen molar-refractivity contribution in [3.05, 3.63) is 6.33 Å². The maximum atomic E-state index is 5.89. The van der Waals surface area contributed by atoms with Crippen LogP contribution in [0.2, 0.25) is 0 Å². The summed E-state index contributed by atoms with van der Waals surface area (Å²) in [4.78, 5) is 8.12. The molecule has 0 bridgehead atoms. The zero-order valence-corrected chi connectivity index (χ0v) is 9.36. The zero-order valence-electron chi connectivity index (χ0n) is 9.36. The number of nitrogen functional groups attached to an aromatic ring is 1. The molecule has 1 aliphatic heterocycles. The van der Waals surface area contributed by atoms with E-state index in [-0.39, 0.29) is 6.10 Å². The Balaban J connectivity index is 1.97. The Morgan fingerprint density at radius 1 is 1.50 bits per heavy atom. The molecule has 0 saturated carbocycles. The summed E-state index contributed by atoms with van der Waals surface area (Å²) in [6.45, 7) is 1.59. The number of rotatable bonds is 4. The highest BCUT2D eigenvalue weighted by Crippen LogP contribution is 2.22. The molecule has 6 nitrogen and oxygen atoms in total. The second kappa shape index (κ2) is 4.98. The lowest BCUT2D eigenvalue weighted by Gasteiger charge is -2.13. The van der Waals surface area contributed by atoms with Gasteiger partial charge < -0.3 is 21.1 Å². The maximum Gasteiger partial charge on any atom is 0.154 e. The molecule has 16 heavy (non-hydrogen) atoms. The molecule has 1 saturated heterocycles. The van der Waals surface area contributed by atoms with Crippen LogP contribution in [0.15, 0.2) is 6.33 Å². The van der Waals surface area contributed by atoms with Gasteiger partial charge in [0.25, 0.3) is 0 Å². The van der Waals surface area contributed by atoms with E-state index in [0.29, 0.717) is 17.3 Å². The van der Waals surface area contributed by atoms with Gasteiger partial charge in [-0.1, -0.05) is 0 Å². The summed E-state index contributed by atoms with van der Waals surface area (Å²) in [6, 6.07) is 0. The average molecular weight is 223 g/mol. The number of ether oxygens (including phenoxy) is 1. The van der Waals surface area contributed by atoms with Crippen LogP contribution in [0, 0.1) is 0 Å². The zero-order chi connectivity index (χ0) is 11.4. The third-order valence-electron chi connectivity index (χ3n) is 2.64. The molecule has 0 aromatic carbocycles. The molecule has 2 rings (SSSR count). The van der Waals surface area contributed by atoms with E-state index in [2.05, 4.69) is 20.6 Å². The molecule has 1 fully saturated rings. The van der Waals surface area contributed by atoms with Crippen LogP contribution < -0.4 is 16.4 Å². The molecule has 1 aromatic heterocycles. The van der Waals surface area contributed by atoms with Crippen LogP contribution in [0.4, 0.5) is 17.3 Å². The summed E-state index contributed by atoms with van der Waals surface area (Å²) in [5.74, 6) is 1.31. The van der Waals surface area contributed by atoms with Gasteiger partial charge in [0.1, 0.15) is 12.0 Å². The quantitative estimate of drug-likeness (QED) is 0.696. The monoisotopic (exact) mass is 223 g/mol. The Hall–Kier alpha value is -1.56. The van der Waals surface area contributed by atoms with Gasteiger partial charge in [-0.3, -0.25) is 0 Å². The first-order valence-corrected chi connectivity index (χ1v) is 5.45. The number of nitrogens with one attached hydrogen (secondary N) is 2. The highest BCUT2D eigenvalue weighted by Gasteiger charge is 2.16. The molecule has 0 radical (unpaired) electrons. The summed E-state index contributed by atoms with van der Waals surface area (Å²) in [5, 5.41) is 6.10. The smallest absolute Gasteiger partial charge is 0.154 e. The second-order valence-electron chi connectivity index (χ2n) is 3.75. The first kappa shape index (κ1) is 10.9. The lowest BCUT2D eigenvalue weighted by Crippen LogP contribution is -2.20. The highest BCUT2D eigenvalue weighted by molar-refractivity contribution is 5.73. The number of nitrogens with two attached hydrogens (primary N) is 1. The number of nitrogens with zero attached hydrogens (tertiary/aromatic N) is 2. The molecule has 1 aliphatic rings. The molecule has 1 atom stereocenters. The fourth-order valence-corrected chi connectivity index (χ4v) is 1.75. The standard InChI is InChI=1S/C10H17N5O/c1-12-9-8(11)10(15-6-14-9)13-5-7-3-2-4-16-7/h6-7H,2-5,11H2,1H3,(H2,12,13,14,15). The lowest BCUT2D eigenvalue weighted by molar-refractivity contribution is 0.120. The van der Waals surface area contributed by atoms with E-state index < -0.39 is 0 Å². The van der Waals surface area contributed by atoms with Gasteiger partial charge in [-0.2, -0.15) is 0 Å². The molecule has 2 heterocycles. The molecule has 1 unspecified atom stereocenters. The Bertz CT molecular complexity index is 351. The number of aromatic nitrogens is 2. The molecule has 0 spiro atoms. The van der Waals surface area contributed by atoms with Gasteiger partial charge in [-0.25, -0.2) is 9.97 Å². The molecule has 6 heteroatoms. The van der Waals surface area contributed by atoms with Crippen molar-refractivity contribution in [3.63, 3.8) is 0 Å². The van der Waals surface area contributed by atoms with E-state index in [1.54, 1.807) is 7.05 Å². The number of hydrogen-bond donors (Lipinski definition) is 3. The number of hydrogen-bond acceptors (Lipinski definition) is 6. The predicted molar refractivity (Wildman–Crippen MR) is 63.5 cm³/mol.